The summed E-state index contributed by atoms with van der Waals surface area (Å²) in [6.07, 6.45) is -3.65. The van der Waals surface area contributed by atoms with Crippen LogP contribution in [0.15, 0.2) is 53.5 Å². The molecular weight excluding hydrogens is 520 g/mol. The van der Waals surface area contributed by atoms with Crippen LogP contribution in [0.3, 0.4) is 0 Å². The van der Waals surface area contributed by atoms with Crippen molar-refractivity contribution in [2.75, 3.05) is 27.2 Å². The molecule has 5 nitrogen and oxygen atoms in total. The Balaban J connectivity index is 0.00000480. The summed E-state index contributed by atoms with van der Waals surface area (Å²) < 4.78 is 37.7. The number of aliphatic imine (C=N–C) groups is 1. The monoisotopic (exact) mass is 544 g/mol. The van der Waals surface area contributed by atoms with Gasteiger partial charge in [-0.05, 0) is 48.4 Å². The molecule has 0 aromatic heterocycles. The largest absolute Gasteiger partial charge is 0.416 e. The maximum absolute atomic E-state index is 12.6. The minimum absolute atomic E-state index is 0. The average molecular weight is 544 g/mol. The van der Waals surface area contributed by atoms with Gasteiger partial charge in [0.2, 0.25) is 0 Å². The molecule has 0 aliphatic heterocycles. The molecule has 166 valence electrons. The van der Waals surface area contributed by atoms with Crippen LogP contribution >= 0.6 is 24.0 Å². The standard InChI is InChI=1S/C22H23F3N4O.HI/c1-26-20(30)18-7-3-5-17(15-18)12-14-29-21(27-2)28-13-4-6-16-8-10-19(11-9-16)22(23,24)25;/h3,5,7-11,15H,12-14H2,1-2H3,(H,26,30)(H2,27,28,29);1H. The predicted octanol–water partition coefficient (Wildman–Crippen LogP) is 3.44. The van der Waals surface area contributed by atoms with E-state index in [1.54, 1.807) is 20.2 Å². The van der Waals surface area contributed by atoms with E-state index in [0.717, 1.165) is 17.7 Å². The van der Waals surface area contributed by atoms with Crippen LogP contribution in [0.1, 0.15) is 27.0 Å². The Morgan fingerprint density at radius 3 is 2.42 bits per heavy atom. The first-order chi connectivity index (χ1) is 14.3. The number of carbonyl (C=O) groups excluding carboxylic acids is 1. The molecule has 0 radical (unpaired) electrons. The van der Waals surface area contributed by atoms with Gasteiger partial charge >= 0.3 is 6.18 Å². The van der Waals surface area contributed by atoms with Gasteiger partial charge in [-0.2, -0.15) is 13.2 Å². The van der Waals surface area contributed by atoms with Crippen molar-refractivity contribution >= 4 is 35.8 Å². The first-order valence-electron chi connectivity index (χ1n) is 9.25. The molecule has 0 heterocycles. The van der Waals surface area contributed by atoms with E-state index in [-0.39, 0.29) is 36.4 Å². The van der Waals surface area contributed by atoms with Gasteiger partial charge in [0.1, 0.15) is 0 Å². The number of hydrogen-bond acceptors (Lipinski definition) is 2. The molecule has 2 aromatic carbocycles. The molecule has 0 atom stereocenters. The molecule has 0 saturated heterocycles. The zero-order valence-electron chi connectivity index (χ0n) is 17.1. The van der Waals surface area contributed by atoms with E-state index < -0.39 is 11.7 Å². The molecular formula is C22H24F3IN4O. The van der Waals surface area contributed by atoms with Crippen molar-refractivity contribution in [1.29, 1.82) is 0 Å². The van der Waals surface area contributed by atoms with Gasteiger partial charge in [-0.25, -0.2) is 0 Å². The molecule has 9 heteroatoms. The summed E-state index contributed by atoms with van der Waals surface area (Å²) >= 11 is 0. The number of nitrogens with one attached hydrogen (secondary N) is 3. The molecule has 1 amide bonds. The maximum atomic E-state index is 12.6. The number of rotatable bonds is 5. The third-order valence-corrected chi connectivity index (χ3v) is 4.14. The average Bonchev–Trinajstić information content (AvgIpc) is 2.74. The second-order valence-electron chi connectivity index (χ2n) is 6.26. The summed E-state index contributed by atoms with van der Waals surface area (Å²) in [7, 11) is 3.22. The van der Waals surface area contributed by atoms with Gasteiger partial charge in [-0.1, -0.05) is 24.0 Å². The summed E-state index contributed by atoms with van der Waals surface area (Å²) in [6.45, 7) is 0.885. The van der Waals surface area contributed by atoms with E-state index in [9.17, 15) is 18.0 Å². The fraction of sp³-hybridized carbons (Fsp3) is 0.273. The summed E-state index contributed by atoms with van der Waals surface area (Å²) in [5.41, 5.74) is 1.43. The number of hydrogen-bond donors (Lipinski definition) is 3. The van der Waals surface area contributed by atoms with Crippen molar-refractivity contribution in [1.82, 2.24) is 16.0 Å². The van der Waals surface area contributed by atoms with E-state index in [0.29, 0.717) is 30.1 Å². The quantitative estimate of drug-likeness (QED) is 0.234. The van der Waals surface area contributed by atoms with Crippen LogP contribution < -0.4 is 16.0 Å². The van der Waals surface area contributed by atoms with Crippen molar-refractivity contribution in [2.24, 2.45) is 4.99 Å². The molecule has 0 aliphatic carbocycles. The van der Waals surface area contributed by atoms with Crippen molar-refractivity contribution in [3.05, 3.63) is 70.8 Å². The summed E-state index contributed by atoms with van der Waals surface area (Å²) in [6, 6.07) is 12.1. The van der Waals surface area contributed by atoms with Gasteiger partial charge < -0.3 is 16.0 Å². The van der Waals surface area contributed by atoms with Gasteiger partial charge in [0.05, 0.1) is 12.1 Å². The van der Waals surface area contributed by atoms with Crippen molar-refractivity contribution < 1.29 is 18.0 Å². The molecule has 0 bridgehead atoms. The molecule has 31 heavy (non-hydrogen) atoms. The van der Waals surface area contributed by atoms with Gasteiger partial charge in [-0.3, -0.25) is 9.79 Å². The minimum Gasteiger partial charge on any atom is -0.356 e. The number of halogens is 4. The zero-order chi connectivity index (χ0) is 22.0. The van der Waals surface area contributed by atoms with Crippen LogP contribution in [0.25, 0.3) is 0 Å². The lowest BCUT2D eigenvalue weighted by atomic mass is 10.1. The summed E-state index contributed by atoms with van der Waals surface area (Å²) in [5, 5.41) is 8.77. The topological polar surface area (TPSA) is 65.5 Å². The SMILES string of the molecule is CN=C(NCC#Cc1ccc(C(F)(F)F)cc1)NCCc1cccc(C(=O)NC)c1.I. The second-order valence-corrected chi connectivity index (χ2v) is 6.26. The van der Waals surface area contributed by atoms with Gasteiger partial charge in [-0.15, -0.1) is 24.0 Å². The van der Waals surface area contributed by atoms with Gasteiger partial charge in [0.25, 0.3) is 5.91 Å². The number of alkyl halides is 3. The Hall–Kier alpha value is -2.74. The number of carbonyl (C=O) groups is 1. The zero-order valence-corrected chi connectivity index (χ0v) is 19.5. The lowest BCUT2D eigenvalue weighted by Crippen LogP contribution is -2.38. The van der Waals surface area contributed by atoms with Crippen LogP contribution in [-0.2, 0) is 12.6 Å². The maximum Gasteiger partial charge on any atom is 0.416 e. The molecule has 3 N–H and O–H groups in total. The number of nitrogens with zero attached hydrogens (tertiary/aromatic N) is 1. The smallest absolute Gasteiger partial charge is 0.356 e. The van der Waals surface area contributed by atoms with Crippen LogP contribution in [0.4, 0.5) is 13.2 Å². The fourth-order valence-corrected chi connectivity index (χ4v) is 2.57. The van der Waals surface area contributed by atoms with Crippen LogP contribution in [0.2, 0.25) is 0 Å². The first kappa shape index (κ1) is 26.3. The molecule has 2 rings (SSSR count). The first-order valence-corrected chi connectivity index (χ1v) is 9.25. The van der Waals surface area contributed by atoms with Crippen LogP contribution in [0.5, 0.6) is 0 Å². The van der Waals surface area contributed by atoms with E-state index >= 15 is 0 Å². The van der Waals surface area contributed by atoms with Crippen molar-refractivity contribution in [3.63, 3.8) is 0 Å². The Labute approximate surface area is 196 Å². The molecule has 0 unspecified atom stereocenters. The Morgan fingerprint density at radius 1 is 1.10 bits per heavy atom. The predicted molar refractivity (Wildman–Crippen MR) is 127 cm³/mol. The number of guanidine groups is 1. The minimum atomic E-state index is -4.35. The molecule has 0 saturated carbocycles. The Bertz CT molecular complexity index is 948. The highest BCUT2D eigenvalue weighted by atomic mass is 127. The molecule has 0 fully saturated rings. The lowest BCUT2D eigenvalue weighted by molar-refractivity contribution is -0.137. The fourth-order valence-electron chi connectivity index (χ4n) is 2.57. The van der Waals surface area contributed by atoms with Crippen LogP contribution in [0, 0.1) is 11.8 Å². The third-order valence-electron chi connectivity index (χ3n) is 4.14. The van der Waals surface area contributed by atoms with E-state index in [4.69, 9.17) is 0 Å². The highest BCUT2D eigenvalue weighted by molar-refractivity contribution is 14.0. The third kappa shape index (κ3) is 8.88. The highest BCUT2D eigenvalue weighted by Gasteiger charge is 2.29. The lowest BCUT2D eigenvalue weighted by Gasteiger charge is -2.10. The van der Waals surface area contributed by atoms with Crippen molar-refractivity contribution in [3.8, 4) is 11.8 Å². The highest BCUT2D eigenvalue weighted by Crippen LogP contribution is 2.28. The summed E-state index contributed by atoms with van der Waals surface area (Å²) in [4.78, 5) is 15.8. The molecule has 0 spiro atoms. The summed E-state index contributed by atoms with van der Waals surface area (Å²) in [5.74, 6) is 6.08. The van der Waals surface area contributed by atoms with E-state index in [1.165, 1.54) is 12.1 Å². The van der Waals surface area contributed by atoms with E-state index in [2.05, 4.69) is 32.8 Å². The molecule has 0 aliphatic rings. The van der Waals surface area contributed by atoms with Gasteiger partial charge in [0.15, 0.2) is 5.96 Å². The second kappa shape index (κ2) is 12.8. The number of amides is 1. The molecule has 2 aromatic rings. The van der Waals surface area contributed by atoms with Crippen molar-refractivity contribution in [2.45, 2.75) is 12.6 Å². The van der Waals surface area contributed by atoms with E-state index in [1.807, 2.05) is 18.2 Å². The van der Waals surface area contributed by atoms with Crippen LogP contribution in [-0.4, -0.2) is 39.1 Å². The normalized spacial score (nSPS) is 10.9. The Kier molecular flexibility index (Phi) is 10.9. The van der Waals surface area contributed by atoms with Gasteiger partial charge in [0, 0.05) is 31.8 Å². The number of benzene rings is 2. The Morgan fingerprint density at radius 2 is 1.81 bits per heavy atom.